The van der Waals surface area contributed by atoms with Gasteiger partial charge in [-0.05, 0) is 43.6 Å². The SMILES string of the molecule is C[C@H]1CC[C@H](C(C)(C)C)N1C(=O)CCCc1ccccc1. The molecule has 1 aliphatic heterocycles. The molecule has 0 aromatic heterocycles. The van der Waals surface area contributed by atoms with Crippen molar-refractivity contribution in [2.24, 2.45) is 5.41 Å². The van der Waals surface area contributed by atoms with Crippen LogP contribution in [0.2, 0.25) is 0 Å². The number of aryl methyl sites for hydroxylation is 1. The van der Waals surface area contributed by atoms with Gasteiger partial charge in [0.05, 0.1) is 0 Å². The van der Waals surface area contributed by atoms with Crippen molar-refractivity contribution in [2.45, 2.75) is 71.9 Å². The van der Waals surface area contributed by atoms with Crippen LogP contribution in [0.5, 0.6) is 0 Å². The van der Waals surface area contributed by atoms with E-state index in [-0.39, 0.29) is 5.41 Å². The summed E-state index contributed by atoms with van der Waals surface area (Å²) >= 11 is 0. The minimum absolute atomic E-state index is 0.180. The summed E-state index contributed by atoms with van der Waals surface area (Å²) in [6, 6.07) is 11.2. The van der Waals surface area contributed by atoms with Gasteiger partial charge >= 0.3 is 0 Å². The molecule has 0 spiro atoms. The van der Waals surface area contributed by atoms with Crippen molar-refractivity contribution >= 4 is 5.91 Å². The smallest absolute Gasteiger partial charge is 0.223 e. The first-order chi connectivity index (χ1) is 9.89. The summed E-state index contributed by atoms with van der Waals surface area (Å²) in [6.45, 7) is 8.95. The Morgan fingerprint density at radius 3 is 2.48 bits per heavy atom. The molecule has 2 heteroatoms. The predicted octanol–water partition coefficient (Wildman–Crippen LogP) is 4.43. The Bertz CT molecular complexity index is 460. The van der Waals surface area contributed by atoms with Crippen molar-refractivity contribution in [3.05, 3.63) is 35.9 Å². The molecule has 21 heavy (non-hydrogen) atoms. The monoisotopic (exact) mass is 287 g/mol. The number of likely N-dealkylation sites (tertiary alicyclic amines) is 1. The first-order valence-electron chi connectivity index (χ1n) is 8.24. The van der Waals surface area contributed by atoms with Crippen LogP contribution in [-0.4, -0.2) is 22.9 Å². The van der Waals surface area contributed by atoms with Crippen LogP contribution in [-0.2, 0) is 11.2 Å². The van der Waals surface area contributed by atoms with Gasteiger partial charge in [-0.1, -0.05) is 51.1 Å². The van der Waals surface area contributed by atoms with E-state index >= 15 is 0 Å². The molecule has 0 N–H and O–H groups in total. The highest BCUT2D eigenvalue weighted by Crippen LogP contribution is 2.36. The van der Waals surface area contributed by atoms with Gasteiger partial charge in [-0.2, -0.15) is 0 Å². The molecule has 2 atom stereocenters. The van der Waals surface area contributed by atoms with Crippen LogP contribution in [0.1, 0.15) is 58.9 Å². The van der Waals surface area contributed by atoms with E-state index in [1.54, 1.807) is 0 Å². The van der Waals surface area contributed by atoms with E-state index in [0.29, 0.717) is 24.4 Å². The van der Waals surface area contributed by atoms with Gasteiger partial charge in [0.25, 0.3) is 0 Å². The average Bonchev–Trinajstić information content (AvgIpc) is 2.82. The summed E-state index contributed by atoms with van der Waals surface area (Å²) in [6.07, 6.45) is 4.91. The standard InChI is InChI=1S/C19H29NO/c1-15-13-14-17(19(2,3)4)20(15)18(21)12-8-11-16-9-6-5-7-10-16/h5-7,9-10,15,17H,8,11-14H2,1-4H3/t15-,17+/m0/s1. The van der Waals surface area contributed by atoms with Crippen LogP contribution >= 0.6 is 0 Å². The van der Waals surface area contributed by atoms with E-state index in [4.69, 9.17) is 0 Å². The first kappa shape index (κ1) is 16.1. The van der Waals surface area contributed by atoms with Gasteiger partial charge < -0.3 is 4.90 Å². The quantitative estimate of drug-likeness (QED) is 0.802. The molecule has 0 unspecified atom stereocenters. The molecule has 1 aliphatic rings. The maximum absolute atomic E-state index is 12.6. The summed E-state index contributed by atoms with van der Waals surface area (Å²) in [5, 5.41) is 0. The van der Waals surface area contributed by atoms with Crippen molar-refractivity contribution in [3.8, 4) is 0 Å². The van der Waals surface area contributed by atoms with E-state index in [2.05, 4.69) is 56.9 Å². The molecular formula is C19H29NO. The van der Waals surface area contributed by atoms with Crippen molar-refractivity contribution in [3.63, 3.8) is 0 Å². The third kappa shape index (κ3) is 4.09. The van der Waals surface area contributed by atoms with Gasteiger partial charge in [0, 0.05) is 18.5 Å². The summed E-state index contributed by atoms with van der Waals surface area (Å²) < 4.78 is 0. The van der Waals surface area contributed by atoms with Gasteiger partial charge in [-0.15, -0.1) is 0 Å². The summed E-state index contributed by atoms with van der Waals surface area (Å²) in [4.78, 5) is 14.8. The fourth-order valence-corrected chi connectivity index (χ4v) is 3.47. The zero-order chi connectivity index (χ0) is 15.5. The molecule has 1 heterocycles. The fraction of sp³-hybridized carbons (Fsp3) is 0.632. The van der Waals surface area contributed by atoms with E-state index in [0.717, 1.165) is 25.7 Å². The second-order valence-electron chi connectivity index (χ2n) is 7.45. The van der Waals surface area contributed by atoms with Gasteiger partial charge in [0.1, 0.15) is 0 Å². The molecule has 116 valence electrons. The maximum atomic E-state index is 12.6. The Labute approximate surface area is 129 Å². The van der Waals surface area contributed by atoms with E-state index in [1.807, 2.05) is 6.07 Å². The topological polar surface area (TPSA) is 20.3 Å². The van der Waals surface area contributed by atoms with Crippen LogP contribution in [0.4, 0.5) is 0 Å². The highest BCUT2D eigenvalue weighted by Gasteiger charge is 2.40. The van der Waals surface area contributed by atoms with Crippen LogP contribution in [0.25, 0.3) is 0 Å². The zero-order valence-corrected chi connectivity index (χ0v) is 13.9. The number of amides is 1. The van der Waals surface area contributed by atoms with Gasteiger partial charge in [-0.3, -0.25) is 4.79 Å². The van der Waals surface area contributed by atoms with Crippen LogP contribution < -0.4 is 0 Å². The Balaban J connectivity index is 1.89. The van der Waals surface area contributed by atoms with Gasteiger partial charge in [0.15, 0.2) is 0 Å². The Hall–Kier alpha value is -1.31. The maximum Gasteiger partial charge on any atom is 0.223 e. The molecule has 0 bridgehead atoms. The molecule has 0 aliphatic carbocycles. The molecule has 2 nitrogen and oxygen atoms in total. The molecular weight excluding hydrogens is 258 g/mol. The lowest BCUT2D eigenvalue weighted by atomic mass is 9.85. The highest BCUT2D eigenvalue weighted by molar-refractivity contribution is 5.77. The van der Waals surface area contributed by atoms with Gasteiger partial charge in [0.2, 0.25) is 5.91 Å². The summed E-state index contributed by atoms with van der Waals surface area (Å²) in [7, 11) is 0. The number of carbonyl (C=O) groups excluding carboxylic acids is 1. The highest BCUT2D eigenvalue weighted by atomic mass is 16.2. The molecule has 1 aromatic rings. The number of carbonyl (C=O) groups is 1. The second-order valence-corrected chi connectivity index (χ2v) is 7.45. The van der Waals surface area contributed by atoms with Crippen molar-refractivity contribution in [1.29, 1.82) is 0 Å². The van der Waals surface area contributed by atoms with E-state index < -0.39 is 0 Å². The number of hydrogen-bond acceptors (Lipinski definition) is 1. The number of nitrogens with zero attached hydrogens (tertiary/aromatic N) is 1. The van der Waals surface area contributed by atoms with Crippen LogP contribution in [0.3, 0.4) is 0 Å². The molecule has 2 rings (SSSR count). The zero-order valence-electron chi connectivity index (χ0n) is 13.9. The Morgan fingerprint density at radius 2 is 1.86 bits per heavy atom. The normalized spacial score (nSPS) is 22.6. The Morgan fingerprint density at radius 1 is 1.19 bits per heavy atom. The summed E-state index contributed by atoms with van der Waals surface area (Å²) in [5.74, 6) is 0.343. The van der Waals surface area contributed by atoms with Crippen molar-refractivity contribution in [2.75, 3.05) is 0 Å². The molecule has 1 aromatic carbocycles. The minimum atomic E-state index is 0.180. The van der Waals surface area contributed by atoms with Crippen LogP contribution in [0.15, 0.2) is 30.3 Å². The van der Waals surface area contributed by atoms with E-state index in [9.17, 15) is 4.79 Å². The average molecular weight is 287 g/mol. The largest absolute Gasteiger partial charge is 0.336 e. The lowest BCUT2D eigenvalue weighted by Gasteiger charge is -2.37. The molecule has 0 radical (unpaired) electrons. The van der Waals surface area contributed by atoms with Gasteiger partial charge in [-0.25, -0.2) is 0 Å². The van der Waals surface area contributed by atoms with E-state index in [1.165, 1.54) is 5.56 Å². The molecule has 1 saturated heterocycles. The first-order valence-corrected chi connectivity index (χ1v) is 8.24. The molecule has 0 saturated carbocycles. The van der Waals surface area contributed by atoms with Crippen LogP contribution in [0, 0.1) is 5.41 Å². The molecule has 1 amide bonds. The van der Waals surface area contributed by atoms with Crippen molar-refractivity contribution in [1.82, 2.24) is 4.90 Å². The lowest BCUT2D eigenvalue weighted by Crippen LogP contribution is -2.46. The Kier molecular flexibility index (Phi) is 5.08. The molecule has 1 fully saturated rings. The third-order valence-electron chi connectivity index (χ3n) is 4.66. The number of benzene rings is 1. The second kappa shape index (κ2) is 6.64. The fourth-order valence-electron chi connectivity index (χ4n) is 3.47. The third-order valence-corrected chi connectivity index (χ3v) is 4.66. The predicted molar refractivity (Wildman–Crippen MR) is 88.2 cm³/mol. The summed E-state index contributed by atoms with van der Waals surface area (Å²) in [5.41, 5.74) is 1.51. The lowest BCUT2D eigenvalue weighted by molar-refractivity contribution is -0.136. The number of hydrogen-bond donors (Lipinski definition) is 0. The van der Waals surface area contributed by atoms with Crippen molar-refractivity contribution < 1.29 is 4.79 Å². The number of rotatable bonds is 4. The minimum Gasteiger partial charge on any atom is -0.336 e.